The summed E-state index contributed by atoms with van der Waals surface area (Å²) in [7, 11) is 0. The molecule has 1 aromatic heterocycles. The maximum atomic E-state index is 12.3. The Morgan fingerprint density at radius 1 is 1.40 bits per heavy atom. The first-order valence-electron chi connectivity index (χ1n) is 7.18. The van der Waals surface area contributed by atoms with Gasteiger partial charge in [0.05, 0.1) is 17.9 Å². The Morgan fingerprint density at radius 2 is 2.25 bits per heavy atom. The van der Waals surface area contributed by atoms with Crippen LogP contribution in [0.25, 0.3) is 0 Å². The van der Waals surface area contributed by atoms with Gasteiger partial charge in [-0.2, -0.15) is 0 Å². The van der Waals surface area contributed by atoms with Gasteiger partial charge in [-0.3, -0.25) is 4.79 Å². The molecule has 1 aliphatic carbocycles. The molecule has 4 nitrogen and oxygen atoms in total. The number of carbonyl (C=O) groups is 1. The highest BCUT2D eigenvalue weighted by Crippen LogP contribution is 2.28. The smallest absolute Gasteiger partial charge is 0.229 e. The van der Waals surface area contributed by atoms with Gasteiger partial charge in [0, 0.05) is 15.1 Å². The van der Waals surface area contributed by atoms with E-state index in [1.54, 1.807) is 6.33 Å². The van der Waals surface area contributed by atoms with Gasteiger partial charge in [-0.1, -0.05) is 30.3 Å². The first kappa shape index (κ1) is 12.9. The molecule has 0 spiro atoms. The van der Waals surface area contributed by atoms with Gasteiger partial charge in [-0.05, 0) is 31.2 Å². The van der Waals surface area contributed by atoms with Gasteiger partial charge < -0.3 is 10.3 Å². The number of aromatic nitrogens is 2. The second-order valence-corrected chi connectivity index (χ2v) is 5.24. The third kappa shape index (κ3) is 2.74. The van der Waals surface area contributed by atoms with Gasteiger partial charge >= 0.3 is 0 Å². The van der Waals surface area contributed by atoms with E-state index in [-0.39, 0.29) is 14.7 Å². The summed E-state index contributed by atoms with van der Waals surface area (Å²) in [5.74, 6) is 0.0229. The number of amides is 1. The van der Waals surface area contributed by atoms with Gasteiger partial charge in [0.25, 0.3) is 0 Å². The summed E-state index contributed by atoms with van der Waals surface area (Å²) in [6, 6.07) is 10.2. The minimum absolute atomic E-state index is 0. The minimum Gasteiger partial charge on any atom is -0.355 e. The van der Waals surface area contributed by atoms with Crippen LogP contribution >= 0.6 is 0 Å². The zero-order valence-electron chi connectivity index (χ0n) is 11.4. The van der Waals surface area contributed by atoms with Crippen molar-refractivity contribution in [3.63, 3.8) is 0 Å². The lowest BCUT2D eigenvalue weighted by Gasteiger charge is -2.20. The molecule has 4 heteroatoms. The molecule has 0 saturated heterocycles. The van der Waals surface area contributed by atoms with Crippen LogP contribution in [0.15, 0.2) is 36.7 Å². The highest BCUT2D eigenvalue weighted by Gasteiger charge is 2.28. The number of nitrogens with one attached hydrogen (secondary N) is 2. The van der Waals surface area contributed by atoms with Crippen LogP contribution in [0, 0.1) is 0 Å². The van der Waals surface area contributed by atoms with Crippen LogP contribution in [0.3, 0.4) is 0 Å². The van der Waals surface area contributed by atoms with Crippen molar-refractivity contribution in [2.75, 3.05) is 6.54 Å². The Bertz CT molecular complexity index is 586. The third-order valence-corrected chi connectivity index (χ3v) is 3.87. The van der Waals surface area contributed by atoms with Crippen LogP contribution in [0.2, 0.25) is 0 Å². The van der Waals surface area contributed by atoms with Crippen molar-refractivity contribution in [3.05, 3.63) is 53.6 Å². The second kappa shape index (κ2) is 5.90. The minimum atomic E-state index is -0.0826. The topological polar surface area (TPSA) is 57.8 Å². The first-order chi connectivity index (χ1) is 9.84. The molecule has 2 aromatic rings. The van der Waals surface area contributed by atoms with E-state index in [1.165, 1.54) is 5.56 Å². The van der Waals surface area contributed by atoms with Crippen molar-refractivity contribution < 1.29 is 7.65 Å². The van der Waals surface area contributed by atoms with Gasteiger partial charge in [0.1, 0.15) is 0 Å². The fourth-order valence-electron chi connectivity index (χ4n) is 2.80. The molecule has 20 heavy (non-hydrogen) atoms. The highest BCUT2D eigenvalue weighted by atomic mass is 16.1. The molecule has 1 heterocycles. The maximum Gasteiger partial charge on any atom is 0.229 e. The number of hydrogen-bond donors (Lipinski definition) is 2. The van der Waals surface area contributed by atoms with Gasteiger partial charge in [-0.15, -0.1) is 0 Å². The van der Waals surface area contributed by atoms with E-state index in [1.807, 2.05) is 18.2 Å². The van der Waals surface area contributed by atoms with Crippen LogP contribution in [-0.4, -0.2) is 22.4 Å². The average molecular weight is 273 g/mol. The molecule has 0 saturated carbocycles. The van der Waals surface area contributed by atoms with Crippen LogP contribution in [0.4, 0.5) is 0 Å². The Labute approximate surface area is 121 Å². The lowest BCUT2D eigenvalue weighted by molar-refractivity contribution is -0.122. The predicted molar refractivity (Wildman–Crippen MR) is 81.7 cm³/mol. The van der Waals surface area contributed by atoms with Crippen molar-refractivity contribution >= 4 is 5.91 Å². The van der Waals surface area contributed by atoms with E-state index < -0.39 is 0 Å². The molecule has 0 fully saturated rings. The quantitative estimate of drug-likeness (QED) is 0.899. The molecule has 1 atom stereocenters. The zero-order chi connectivity index (χ0) is 13.8. The van der Waals surface area contributed by atoms with Crippen LogP contribution in [-0.2, 0) is 17.6 Å². The average Bonchev–Trinajstić information content (AvgIpc) is 2.96. The van der Waals surface area contributed by atoms with E-state index in [0.717, 1.165) is 37.1 Å². The molecule has 1 amide bonds. The maximum absolute atomic E-state index is 12.3. The number of aromatic amines is 1. The van der Waals surface area contributed by atoms with Gasteiger partial charge in [0.2, 0.25) is 5.91 Å². The number of H-pyrrole nitrogens is 1. The number of rotatable bonds is 4. The summed E-state index contributed by atoms with van der Waals surface area (Å²) in [5, 5.41) is 3.04. The summed E-state index contributed by atoms with van der Waals surface area (Å²) in [4.78, 5) is 19.7. The largest absolute Gasteiger partial charge is 0.355 e. The van der Waals surface area contributed by atoms with Crippen LogP contribution < -0.4 is 5.32 Å². The molecule has 2 N–H and O–H groups in total. The fourth-order valence-corrected chi connectivity index (χ4v) is 2.80. The molecule has 1 aromatic carbocycles. The standard InChI is InChI=1S/C16H19N3O.2H2/c20-16(17-10-9-12-5-2-1-3-6-12)13-7-4-8-14-15(13)19-11-18-14;;/h1-3,5-6,11,13H,4,7-10H2,(H,17,20)(H,18,19);2*1H. The molecule has 0 aliphatic heterocycles. The summed E-state index contributed by atoms with van der Waals surface area (Å²) in [6.07, 6.45) is 5.51. The normalized spacial score (nSPS) is 17.5. The van der Waals surface area contributed by atoms with Crippen LogP contribution in [0.5, 0.6) is 0 Å². The molecular weight excluding hydrogens is 250 g/mol. The number of carbonyl (C=O) groups excluding carboxylic acids is 1. The van der Waals surface area contributed by atoms with Crippen molar-refractivity contribution in [1.82, 2.24) is 15.3 Å². The number of imidazole rings is 1. The van der Waals surface area contributed by atoms with Crippen molar-refractivity contribution in [3.8, 4) is 0 Å². The van der Waals surface area contributed by atoms with Crippen molar-refractivity contribution in [2.45, 2.75) is 31.6 Å². The summed E-state index contributed by atoms with van der Waals surface area (Å²) < 4.78 is 0. The Balaban J connectivity index is 0.00000121. The molecule has 0 radical (unpaired) electrons. The summed E-state index contributed by atoms with van der Waals surface area (Å²) >= 11 is 0. The molecule has 0 bridgehead atoms. The zero-order valence-corrected chi connectivity index (χ0v) is 11.4. The van der Waals surface area contributed by atoms with Crippen molar-refractivity contribution in [2.24, 2.45) is 0 Å². The number of benzene rings is 1. The Kier molecular flexibility index (Phi) is 3.81. The van der Waals surface area contributed by atoms with Crippen LogP contribution in [0.1, 0.15) is 38.6 Å². The monoisotopic (exact) mass is 273 g/mol. The summed E-state index contributed by atoms with van der Waals surface area (Å²) in [6.45, 7) is 0.680. The van der Waals surface area contributed by atoms with E-state index in [4.69, 9.17) is 0 Å². The number of aryl methyl sites for hydroxylation is 1. The number of nitrogens with zero attached hydrogens (tertiary/aromatic N) is 1. The van der Waals surface area contributed by atoms with E-state index in [9.17, 15) is 4.79 Å². The van der Waals surface area contributed by atoms with E-state index >= 15 is 0 Å². The second-order valence-electron chi connectivity index (χ2n) is 5.24. The third-order valence-electron chi connectivity index (χ3n) is 3.87. The number of hydrogen-bond acceptors (Lipinski definition) is 2. The van der Waals surface area contributed by atoms with Gasteiger partial charge in [-0.25, -0.2) is 4.98 Å². The van der Waals surface area contributed by atoms with E-state index in [2.05, 4.69) is 27.4 Å². The number of fused-ring (bicyclic) bond motifs is 1. The fraction of sp³-hybridized carbons (Fsp3) is 0.375. The molecule has 1 unspecified atom stereocenters. The predicted octanol–water partition coefficient (Wildman–Crippen LogP) is 2.68. The van der Waals surface area contributed by atoms with E-state index in [0.29, 0.717) is 6.54 Å². The lowest BCUT2D eigenvalue weighted by atomic mass is 9.89. The lowest BCUT2D eigenvalue weighted by Crippen LogP contribution is -2.32. The SMILES string of the molecule is O=C(NCCc1ccccc1)C1CCCc2[nH]cnc21.[HH].[HH]. The molecule has 3 rings (SSSR count). The molecular formula is C16H23N3O. The molecule has 108 valence electrons. The Hall–Kier alpha value is -2.10. The van der Waals surface area contributed by atoms with Crippen molar-refractivity contribution in [1.29, 1.82) is 0 Å². The first-order valence-corrected chi connectivity index (χ1v) is 7.18. The van der Waals surface area contributed by atoms with Gasteiger partial charge in [0.15, 0.2) is 0 Å². The highest BCUT2D eigenvalue weighted by molar-refractivity contribution is 5.83. The summed E-state index contributed by atoms with van der Waals surface area (Å²) in [5.41, 5.74) is 3.31. The molecule has 1 aliphatic rings. The Morgan fingerprint density at radius 3 is 3.10 bits per heavy atom.